The van der Waals surface area contributed by atoms with Crippen LogP contribution >= 0.6 is 0 Å². The van der Waals surface area contributed by atoms with Gasteiger partial charge in [-0.1, -0.05) is 24.3 Å². The first-order valence-electron chi connectivity index (χ1n) is 9.21. The van der Waals surface area contributed by atoms with E-state index in [2.05, 4.69) is 4.98 Å². The van der Waals surface area contributed by atoms with Crippen LogP contribution in [0.3, 0.4) is 0 Å². The van der Waals surface area contributed by atoms with Gasteiger partial charge in [0.15, 0.2) is 5.60 Å². The number of amides is 1. The van der Waals surface area contributed by atoms with Crippen LogP contribution in [-0.4, -0.2) is 22.0 Å². The lowest BCUT2D eigenvalue weighted by atomic mass is 9.98. The maximum Gasteiger partial charge on any atom is 0.344 e. The van der Waals surface area contributed by atoms with E-state index >= 15 is 0 Å². The molecule has 0 aliphatic carbocycles. The number of esters is 1. The Morgan fingerprint density at radius 3 is 2.67 bits per heavy atom. The molecule has 2 aromatic carbocycles. The number of carbonyl (C=O) groups is 2. The number of hydrogen-bond acceptors (Lipinski definition) is 5. The van der Waals surface area contributed by atoms with Crippen molar-refractivity contribution in [2.45, 2.75) is 12.5 Å². The van der Waals surface area contributed by atoms with Gasteiger partial charge in [0.2, 0.25) is 0 Å². The summed E-state index contributed by atoms with van der Waals surface area (Å²) in [6, 6.07) is 12.5. The van der Waals surface area contributed by atoms with E-state index < -0.39 is 23.3 Å². The third-order valence-electron chi connectivity index (χ3n) is 5.26. The second-order valence-electron chi connectivity index (χ2n) is 7.29. The van der Waals surface area contributed by atoms with E-state index in [1.807, 2.05) is 0 Å². The molecule has 148 valence electrons. The number of pyridine rings is 1. The van der Waals surface area contributed by atoms with Crippen LogP contribution < -0.4 is 4.90 Å². The Bertz CT molecular complexity index is 1270. The van der Waals surface area contributed by atoms with Gasteiger partial charge in [-0.15, -0.1) is 0 Å². The number of halogens is 1. The van der Waals surface area contributed by atoms with Gasteiger partial charge in [-0.3, -0.25) is 14.7 Å². The van der Waals surface area contributed by atoms with Crippen LogP contribution in [0.4, 0.5) is 15.8 Å². The number of aliphatic hydroxyl groups is 1. The van der Waals surface area contributed by atoms with E-state index in [0.29, 0.717) is 33.7 Å². The van der Waals surface area contributed by atoms with Crippen LogP contribution in [0.15, 0.2) is 60.9 Å². The van der Waals surface area contributed by atoms with Gasteiger partial charge in [0, 0.05) is 17.3 Å². The number of benzene rings is 2. The lowest BCUT2D eigenvalue weighted by Gasteiger charge is -2.19. The molecule has 3 aromatic rings. The molecule has 7 heteroatoms. The van der Waals surface area contributed by atoms with Crippen molar-refractivity contribution in [1.82, 2.24) is 4.98 Å². The van der Waals surface area contributed by atoms with E-state index in [0.717, 1.165) is 0 Å². The summed E-state index contributed by atoms with van der Waals surface area (Å²) in [7, 11) is 0. The number of anilines is 2. The first-order valence-corrected chi connectivity index (χ1v) is 9.21. The van der Waals surface area contributed by atoms with E-state index in [9.17, 15) is 19.1 Å². The van der Waals surface area contributed by atoms with Crippen LogP contribution in [0, 0.1) is 5.82 Å². The predicted molar refractivity (Wildman–Crippen MR) is 107 cm³/mol. The predicted octanol–water partition coefficient (Wildman–Crippen LogP) is 3.78. The summed E-state index contributed by atoms with van der Waals surface area (Å²) >= 11 is 0. The largest absolute Gasteiger partial charge is 0.422 e. The quantitative estimate of drug-likeness (QED) is 0.660. The van der Waals surface area contributed by atoms with Crippen LogP contribution in [0.5, 0.6) is 0 Å². The van der Waals surface area contributed by atoms with Gasteiger partial charge in [-0.25, -0.2) is 9.18 Å². The number of aromatic nitrogens is 1. The van der Waals surface area contributed by atoms with Crippen molar-refractivity contribution in [3.63, 3.8) is 0 Å². The minimum absolute atomic E-state index is 0.259. The van der Waals surface area contributed by atoms with Crippen molar-refractivity contribution in [2.75, 3.05) is 4.90 Å². The van der Waals surface area contributed by atoms with Gasteiger partial charge < -0.3 is 9.84 Å². The van der Waals surface area contributed by atoms with Gasteiger partial charge >= 0.3 is 5.97 Å². The Morgan fingerprint density at radius 2 is 1.87 bits per heavy atom. The van der Waals surface area contributed by atoms with Crippen molar-refractivity contribution < 1.29 is 23.8 Å². The number of nitrogens with zero attached hydrogens (tertiary/aromatic N) is 2. The second-order valence-corrected chi connectivity index (χ2v) is 7.29. The zero-order valence-electron chi connectivity index (χ0n) is 15.8. The van der Waals surface area contributed by atoms with E-state index in [-0.39, 0.29) is 5.69 Å². The lowest BCUT2D eigenvalue weighted by Crippen LogP contribution is -2.35. The number of carbonyl (C=O) groups excluding carboxylic acids is 2. The fraction of sp³-hybridized carbons (Fsp3) is 0.0870. The fourth-order valence-corrected chi connectivity index (χ4v) is 3.79. The van der Waals surface area contributed by atoms with Gasteiger partial charge in [-0.2, -0.15) is 0 Å². The topological polar surface area (TPSA) is 79.7 Å². The van der Waals surface area contributed by atoms with Crippen LogP contribution in [0.25, 0.3) is 11.8 Å². The van der Waals surface area contributed by atoms with E-state index in [1.165, 1.54) is 36.2 Å². The van der Waals surface area contributed by atoms with Crippen molar-refractivity contribution in [3.8, 4) is 0 Å². The van der Waals surface area contributed by atoms with Crippen LogP contribution in [0.2, 0.25) is 0 Å². The number of hydrogen-bond donors (Lipinski definition) is 1. The summed E-state index contributed by atoms with van der Waals surface area (Å²) in [4.78, 5) is 30.3. The molecular weight excluding hydrogens is 387 g/mol. The van der Waals surface area contributed by atoms with Crippen LogP contribution in [-0.2, 0) is 15.1 Å². The van der Waals surface area contributed by atoms with Crippen molar-refractivity contribution >= 4 is 35.1 Å². The van der Waals surface area contributed by atoms with Gasteiger partial charge in [0.25, 0.3) is 5.91 Å². The smallest absolute Gasteiger partial charge is 0.344 e. The van der Waals surface area contributed by atoms with Crippen molar-refractivity contribution in [2.24, 2.45) is 0 Å². The van der Waals surface area contributed by atoms with E-state index in [1.54, 1.807) is 42.6 Å². The van der Waals surface area contributed by atoms with Gasteiger partial charge in [-0.05, 0) is 42.8 Å². The zero-order chi connectivity index (χ0) is 21.0. The minimum Gasteiger partial charge on any atom is -0.422 e. The average Bonchev–Trinajstić information content (AvgIpc) is 3.13. The molecule has 5 rings (SSSR count). The Balaban J connectivity index is 1.58. The summed E-state index contributed by atoms with van der Waals surface area (Å²) in [6.07, 6.45) is 4.65. The number of fused-ring (bicyclic) bond motifs is 2. The maximum atomic E-state index is 13.9. The molecule has 0 spiro atoms. The molecule has 3 heterocycles. The van der Waals surface area contributed by atoms with Gasteiger partial charge in [0.05, 0.1) is 23.1 Å². The summed E-state index contributed by atoms with van der Waals surface area (Å²) in [5.74, 6) is -1.19. The highest BCUT2D eigenvalue weighted by Crippen LogP contribution is 2.44. The lowest BCUT2D eigenvalue weighted by molar-refractivity contribution is -0.133. The third kappa shape index (κ3) is 2.63. The third-order valence-corrected chi connectivity index (χ3v) is 5.26. The monoisotopic (exact) mass is 402 g/mol. The molecular formula is C23H15FN2O4. The highest BCUT2D eigenvalue weighted by molar-refractivity contribution is 6.12. The minimum atomic E-state index is -1.78. The molecule has 30 heavy (non-hydrogen) atoms. The Morgan fingerprint density at radius 1 is 1.10 bits per heavy atom. The second kappa shape index (κ2) is 6.33. The highest BCUT2D eigenvalue weighted by atomic mass is 19.1. The number of cyclic esters (lactones) is 1. The Labute approximate surface area is 170 Å². The first kappa shape index (κ1) is 18.2. The summed E-state index contributed by atoms with van der Waals surface area (Å²) < 4.78 is 19.2. The Kier molecular flexibility index (Phi) is 3.84. The number of rotatable bonds is 2. The molecule has 1 unspecified atom stereocenters. The summed E-state index contributed by atoms with van der Waals surface area (Å²) in [5, 5.41) is 10.7. The van der Waals surface area contributed by atoms with Crippen molar-refractivity contribution in [3.05, 3.63) is 89.0 Å². The molecule has 0 saturated carbocycles. The summed E-state index contributed by atoms with van der Waals surface area (Å²) in [6.45, 7) is 1.38. The Hall–Kier alpha value is -3.84. The van der Waals surface area contributed by atoms with E-state index in [4.69, 9.17) is 4.74 Å². The van der Waals surface area contributed by atoms with Gasteiger partial charge in [0.1, 0.15) is 11.6 Å². The molecule has 1 aromatic heterocycles. The molecule has 0 saturated heterocycles. The fourth-order valence-electron chi connectivity index (χ4n) is 3.79. The number of ether oxygens (including phenoxy) is 1. The van der Waals surface area contributed by atoms with Crippen molar-refractivity contribution in [1.29, 1.82) is 0 Å². The molecule has 0 radical (unpaired) electrons. The molecule has 0 fully saturated rings. The molecule has 2 aliphatic rings. The SMILES string of the molecule is CC1(O)C(=O)N(c2cncc(C=C3OC(=O)c4ccccc43)c2)c2cc(F)ccc21. The normalized spacial score (nSPS) is 21.0. The highest BCUT2D eigenvalue weighted by Gasteiger charge is 2.47. The standard InChI is InChI=1S/C23H15FN2O4/c1-23(29)18-7-6-14(24)10-19(18)26(22(23)28)15-8-13(11-25-12-15)9-20-16-4-2-3-5-17(16)21(27)30-20/h2-12,29H,1H3. The summed E-state index contributed by atoms with van der Waals surface area (Å²) in [5.41, 5.74) is 0.868. The molecule has 1 amide bonds. The molecule has 1 N–H and O–H groups in total. The molecule has 1 atom stereocenters. The molecule has 6 nitrogen and oxygen atoms in total. The first-order chi connectivity index (χ1) is 14.4. The average molecular weight is 402 g/mol. The molecule has 0 bridgehead atoms. The maximum absolute atomic E-state index is 13.9. The zero-order valence-corrected chi connectivity index (χ0v) is 15.8. The molecule has 2 aliphatic heterocycles. The van der Waals surface area contributed by atoms with Crippen LogP contribution in [0.1, 0.15) is 34.0 Å².